The first-order valence-electron chi connectivity index (χ1n) is 11.3. The maximum atomic E-state index is 13.1. The van der Waals surface area contributed by atoms with Crippen molar-refractivity contribution in [3.05, 3.63) is 57.0 Å². The molecule has 2 aliphatic heterocycles. The Morgan fingerprint density at radius 2 is 1.29 bits per heavy atom. The highest BCUT2D eigenvalue weighted by molar-refractivity contribution is 9.10. The summed E-state index contributed by atoms with van der Waals surface area (Å²) in [6.07, 6.45) is 5.37. The smallest absolute Gasteiger partial charge is 0.126 e. The lowest BCUT2D eigenvalue weighted by atomic mass is 10.3. The molecule has 0 amide bonds. The van der Waals surface area contributed by atoms with Crippen molar-refractivity contribution in [1.82, 2.24) is 9.80 Å². The Hall–Kier alpha value is -0.640. The van der Waals surface area contributed by atoms with Crippen LogP contribution in [0.15, 0.2) is 45.3 Å². The van der Waals surface area contributed by atoms with E-state index < -0.39 is 0 Å². The summed E-state index contributed by atoms with van der Waals surface area (Å²) < 4.78 is 26.8. The van der Waals surface area contributed by atoms with E-state index in [-0.39, 0.29) is 24.0 Å². The van der Waals surface area contributed by atoms with Gasteiger partial charge in [0.2, 0.25) is 0 Å². The van der Waals surface area contributed by atoms with Gasteiger partial charge in [-0.05, 0) is 88.3 Å². The Morgan fingerprint density at radius 3 is 1.76 bits per heavy atom. The SMILES string of the molecule is Cl.ClCCN1CCCC1.Fc1cc(Br)cc(NCCN2CCCC2)c1.Nc1cc(F)cc(Br)c1. The average Bonchev–Trinajstić information content (AvgIpc) is 3.42. The highest BCUT2D eigenvalue weighted by atomic mass is 79.9. The van der Waals surface area contributed by atoms with Crippen molar-refractivity contribution < 1.29 is 8.78 Å². The third kappa shape index (κ3) is 13.4. The molecule has 0 radical (unpaired) electrons. The Balaban J connectivity index is 0.000000274. The summed E-state index contributed by atoms with van der Waals surface area (Å²) in [6, 6.07) is 9.15. The molecule has 0 bridgehead atoms. The number of halogens is 6. The molecule has 0 atom stereocenters. The molecule has 192 valence electrons. The second-order valence-electron chi connectivity index (χ2n) is 8.07. The highest BCUT2D eigenvalue weighted by Crippen LogP contribution is 2.18. The standard InChI is InChI=1S/C12H16BrFN2.C6H5BrFN.C6H12ClN.ClH/c13-10-7-11(14)9-12(8-10)15-3-6-16-4-1-2-5-16;7-4-1-5(8)3-6(9)2-4;7-3-6-8-4-1-2-5-8;/h7-9,15H,1-6H2;1-3H,9H2;1-6H2;1H. The third-order valence-corrected chi connectivity index (χ3v) is 6.39. The first kappa shape index (κ1) is 31.4. The number of rotatable bonds is 6. The van der Waals surface area contributed by atoms with Gasteiger partial charge in [-0.25, -0.2) is 8.78 Å². The van der Waals surface area contributed by atoms with Gasteiger partial charge in [0.15, 0.2) is 0 Å². The summed E-state index contributed by atoms with van der Waals surface area (Å²) in [7, 11) is 0. The fraction of sp³-hybridized carbons (Fsp3) is 0.500. The van der Waals surface area contributed by atoms with E-state index in [0.29, 0.717) is 10.2 Å². The topological polar surface area (TPSA) is 44.5 Å². The van der Waals surface area contributed by atoms with Crippen LogP contribution in [0.5, 0.6) is 0 Å². The number of alkyl halides is 1. The van der Waals surface area contributed by atoms with Crippen molar-refractivity contribution in [3.8, 4) is 0 Å². The Labute approximate surface area is 230 Å². The molecule has 4 rings (SSSR count). The van der Waals surface area contributed by atoms with Crippen LogP contribution >= 0.6 is 55.9 Å². The van der Waals surface area contributed by atoms with Crippen LogP contribution in [0, 0.1) is 11.6 Å². The van der Waals surface area contributed by atoms with E-state index >= 15 is 0 Å². The predicted molar refractivity (Wildman–Crippen MR) is 150 cm³/mol. The van der Waals surface area contributed by atoms with Crippen LogP contribution in [0.2, 0.25) is 0 Å². The quantitative estimate of drug-likeness (QED) is 0.262. The van der Waals surface area contributed by atoms with Crippen LogP contribution in [0.25, 0.3) is 0 Å². The van der Waals surface area contributed by atoms with Gasteiger partial charge in [-0.15, -0.1) is 24.0 Å². The number of likely N-dealkylation sites (tertiary alicyclic amines) is 2. The maximum Gasteiger partial charge on any atom is 0.126 e. The Kier molecular flexibility index (Phi) is 16.4. The Bertz CT molecular complexity index is 766. The van der Waals surface area contributed by atoms with Gasteiger partial charge in [0.1, 0.15) is 11.6 Å². The molecule has 10 heteroatoms. The van der Waals surface area contributed by atoms with E-state index in [1.54, 1.807) is 6.07 Å². The van der Waals surface area contributed by atoms with Crippen LogP contribution in [0.1, 0.15) is 25.7 Å². The molecule has 2 fully saturated rings. The molecule has 2 aliphatic rings. The zero-order chi connectivity index (χ0) is 24.1. The lowest BCUT2D eigenvalue weighted by molar-refractivity contribution is 0.352. The van der Waals surface area contributed by atoms with Crippen molar-refractivity contribution >= 4 is 67.2 Å². The van der Waals surface area contributed by atoms with E-state index in [1.165, 1.54) is 76.1 Å². The van der Waals surface area contributed by atoms with Gasteiger partial charge in [-0.3, -0.25) is 0 Å². The van der Waals surface area contributed by atoms with E-state index in [9.17, 15) is 8.78 Å². The van der Waals surface area contributed by atoms with Crippen molar-refractivity contribution in [3.63, 3.8) is 0 Å². The van der Waals surface area contributed by atoms with Crippen LogP contribution in [-0.2, 0) is 0 Å². The van der Waals surface area contributed by atoms with Crippen molar-refractivity contribution in [2.24, 2.45) is 0 Å². The number of anilines is 2. The fourth-order valence-electron chi connectivity index (χ4n) is 3.72. The third-order valence-electron chi connectivity index (χ3n) is 5.30. The van der Waals surface area contributed by atoms with Gasteiger partial charge in [0, 0.05) is 45.8 Å². The molecule has 2 aromatic rings. The second kappa shape index (κ2) is 17.7. The van der Waals surface area contributed by atoms with Crippen LogP contribution < -0.4 is 11.1 Å². The normalized spacial score (nSPS) is 15.6. The lowest BCUT2D eigenvalue weighted by Crippen LogP contribution is -2.25. The fourth-order valence-corrected chi connectivity index (χ4v) is 4.91. The maximum absolute atomic E-state index is 13.1. The summed E-state index contributed by atoms with van der Waals surface area (Å²) >= 11 is 11.9. The van der Waals surface area contributed by atoms with E-state index in [1.807, 2.05) is 6.07 Å². The van der Waals surface area contributed by atoms with Crippen molar-refractivity contribution in [2.75, 3.05) is 62.7 Å². The minimum absolute atomic E-state index is 0. The molecular formula is C24H34Br2Cl2F2N4. The number of benzene rings is 2. The van der Waals surface area contributed by atoms with Crippen LogP contribution in [0.3, 0.4) is 0 Å². The molecule has 4 nitrogen and oxygen atoms in total. The van der Waals surface area contributed by atoms with Crippen LogP contribution in [-0.4, -0.2) is 61.5 Å². The summed E-state index contributed by atoms with van der Waals surface area (Å²) in [6.45, 7) is 7.94. The van der Waals surface area contributed by atoms with Crippen LogP contribution in [0.4, 0.5) is 20.2 Å². The molecule has 0 unspecified atom stereocenters. The summed E-state index contributed by atoms with van der Waals surface area (Å²) in [4.78, 5) is 4.84. The molecule has 0 aliphatic carbocycles. The average molecular weight is 647 g/mol. The number of nitrogens with zero attached hydrogens (tertiary/aromatic N) is 2. The number of hydrogen-bond acceptors (Lipinski definition) is 4. The molecule has 0 spiro atoms. The molecular weight excluding hydrogens is 613 g/mol. The summed E-state index contributed by atoms with van der Waals surface area (Å²) in [5, 5.41) is 3.24. The van der Waals surface area contributed by atoms with Crippen molar-refractivity contribution in [2.45, 2.75) is 25.7 Å². The first-order valence-corrected chi connectivity index (χ1v) is 13.4. The van der Waals surface area contributed by atoms with E-state index in [2.05, 4.69) is 47.0 Å². The van der Waals surface area contributed by atoms with Gasteiger partial charge in [0.05, 0.1) is 0 Å². The van der Waals surface area contributed by atoms with Gasteiger partial charge in [-0.2, -0.15) is 0 Å². The summed E-state index contributed by atoms with van der Waals surface area (Å²) in [5.41, 5.74) is 6.56. The number of hydrogen-bond donors (Lipinski definition) is 2. The predicted octanol–water partition coefficient (Wildman–Crippen LogP) is 7.01. The molecule has 34 heavy (non-hydrogen) atoms. The first-order chi connectivity index (χ1) is 15.9. The molecule has 2 heterocycles. The van der Waals surface area contributed by atoms with E-state index in [4.69, 9.17) is 17.3 Å². The number of nitrogen functional groups attached to an aromatic ring is 1. The zero-order valence-electron chi connectivity index (χ0n) is 19.2. The molecule has 2 aromatic carbocycles. The monoisotopic (exact) mass is 644 g/mol. The largest absolute Gasteiger partial charge is 0.399 e. The molecule has 0 saturated carbocycles. The molecule has 0 aromatic heterocycles. The van der Waals surface area contributed by atoms with Gasteiger partial charge >= 0.3 is 0 Å². The molecule has 2 saturated heterocycles. The molecule has 3 N–H and O–H groups in total. The van der Waals surface area contributed by atoms with Crippen molar-refractivity contribution in [1.29, 1.82) is 0 Å². The number of nitrogens with two attached hydrogens (primary N) is 1. The highest BCUT2D eigenvalue weighted by Gasteiger charge is 2.10. The zero-order valence-corrected chi connectivity index (χ0v) is 24.0. The van der Waals surface area contributed by atoms with Gasteiger partial charge < -0.3 is 20.9 Å². The lowest BCUT2D eigenvalue weighted by Gasteiger charge is -2.15. The van der Waals surface area contributed by atoms with Gasteiger partial charge in [0.25, 0.3) is 0 Å². The Morgan fingerprint density at radius 1 is 0.794 bits per heavy atom. The van der Waals surface area contributed by atoms with E-state index in [0.717, 1.165) is 35.7 Å². The summed E-state index contributed by atoms with van der Waals surface area (Å²) in [5.74, 6) is 0.264. The second-order valence-corrected chi connectivity index (χ2v) is 10.3. The number of nitrogens with one attached hydrogen (secondary N) is 1. The minimum Gasteiger partial charge on any atom is -0.399 e. The minimum atomic E-state index is -0.318. The van der Waals surface area contributed by atoms with Gasteiger partial charge in [-0.1, -0.05) is 31.9 Å².